The van der Waals surface area contributed by atoms with E-state index in [9.17, 15) is 29.1 Å². The summed E-state index contributed by atoms with van der Waals surface area (Å²) in [6.45, 7) is 21.2. The Hall–Kier alpha value is -4.23. The quantitative estimate of drug-likeness (QED) is 0.0567. The van der Waals surface area contributed by atoms with E-state index in [0.717, 1.165) is 16.7 Å². The molecule has 0 spiro atoms. The van der Waals surface area contributed by atoms with E-state index in [4.69, 9.17) is 24.1 Å². The van der Waals surface area contributed by atoms with Gasteiger partial charge < -0.3 is 38.7 Å². The van der Waals surface area contributed by atoms with Crippen molar-refractivity contribution in [2.24, 2.45) is 11.8 Å². The predicted molar refractivity (Wildman–Crippen MR) is 216 cm³/mol. The molecule has 316 valence electrons. The third-order valence-corrected chi connectivity index (χ3v) is 8.59. The van der Waals surface area contributed by atoms with Gasteiger partial charge in [-0.15, -0.1) is 0 Å². The highest BCUT2D eigenvalue weighted by molar-refractivity contribution is 5.86. The summed E-state index contributed by atoms with van der Waals surface area (Å²) in [6, 6.07) is 19.0. The molecule has 0 fully saturated rings. The van der Waals surface area contributed by atoms with Crippen LogP contribution in [-0.4, -0.2) is 82.9 Å². The maximum Gasteiger partial charge on any atom is 0.309 e. The van der Waals surface area contributed by atoms with Gasteiger partial charge in [-0.05, 0) is 78.0 Å². The number of carbonyl (C=O) groups is 5. The minimum Gasteiger partial charge on any atom is -0.461 e. The minimum atomic E-state index is -1.36. The third-order valence-electron chi connectivity index (χ3n) is 8.59. The van der Waals surface area contributed by atoms with Crippen LogP contribution in [0.1, 0.15) is 107 Å². The molecule has 2 aromatic carbocycles. The maximum absolute atomic E-state index is 12.8. The van der Waals surface area contributed by atoms with E-state index >= 15 is 0 Å². The first kappa shape index (κ1) is 53.9. The van der Waals surface area contributed by atoms with Gasteiger partial charge in [0.15, 0.2) is 11.9 Å². The number of aliphatic hydroxyl groups excluding tert-OH is 1. The molecule has 5 unspecified atom stereocenters. The first-order chi connectivity index (χ1) is 25.7. The van der Waals surface area contributed by atoms with E-state index < -0.39 is 41.9 Å². The molecule has 2 rings (SSSR count). The van der Waals surface area contributed by atoms with Crippen molar-refractivity contribution in [2.45, 2.75) is 139 Å². The molecule has 2 N–H and O–H groups in total. The number of benzene rings is 2. The number of esters is 3. The number of aliphatic hydroxyl groups is 2. The number of ketones is 1. The van der Waals surface area contributed by atoms with Crippen molar-refractivity contribution in [1.82, 2.24) is 0 Å². The van der Waals surface area contributed by atoms with Crippen molar-refractivity contribution in [3.8, 4) is 0 Å². The molecule has 12 heteroatoms. The van der Waals surface area contributed by atoms with Gasteiger partial charge >= 0.3 is 17.9 Å². The zero-order chi connectivity index (χ0) is 42.2. The van der Waals surface area contributed by atoms with E-state index in [2.05, 4.69) is 11.3 Å². The lowest BCUT2D eigenvalue weighted by atomic mass is 9.88. The topological polar surface area (TPSA) is 172 Å². The van der Waals surface area contributed by atoms with Gasteiger partial charge in [-0.2, -0.15) is 0 Å². The van der Waals surface area contributed by atoms with Crippen LogP contribution in [0.15, 0.2) is 72.8 Å². The van der Waals surface area contributed by atoms with Gasteiger partial charge in [-0.1, -0.05) is 88.5 Å². The number of rotatable bonds is 21. The van der Waals surface area contributed by atoms with E-state index in [1.165, 1.54) is 13.8 Å². The highest BCUT2D eigenvalue weighted by Crippen LogP contribution is 2.26. The average Bonchev–Trinajstić information content (AvgIpc) is 3.14. The van der Waals surface area contributed by atoms with Gasteiger partial charge in [0.1, 0.15) is 31.2 Å². The van der Waals surface area contributed by atoms with Crippen molar-refractivity contribution < 1.29 is 57.9 Å². The summed E-state index contributed by atoms with van der Waals surface area (Å²) in [4.78, 5) is 56.8. The van der Waals surface area contributed by atoms with E-state index in [-0.39, 0.29) is 56.8 Å². The van der Waals surface area contributed by atoms with E-state index in [1.807, 2.05) is 74.5 Å². The van der Waals surface area contributed by atoms with Crippen LogP contribution in [0.2, 0.25) is 0 Å². The lowest BCUT2D eigenvalue weighted by Crippen LogP contribution is -2.53. The number of aldehydes is 1. The van der Waals surface area contributed by atoms with Gasteiger partial charge in [-0.25, -0.2) is 0 Å². The lowest BCUT2D eigenvalue weighted by molar-refractivity contribution is -0.190. The fourth-order valence-corrected chi connectivity index (χ4v) is 4.69. The number of ether oxygens (including phenoxy) is 5. The molecule has 56 heavy (non-hydrogen) atoms. The van der Waals surface area contributed by atoms with Crippen LogP contribution in [0.3, 0.4) is 0 Å². The summed E-state index contributed by atoms with van der Waals surface area (Å²) in [5.41, 5.74) is 0.333. The second-order valence-electron chi connectivity index (χ2n) is 14.1. The van der Waals surface area contributed by atoms with Crippen LogP contribution < -0.4 is 0 Å². The predicted octanol–water partition coefficient (Wildman–Crippen LogP) is 7.15. The van der Waals surface area contributed by atoms with Gasteiger partial charge in [-0.3, -0.25) is 19.2 Å². The molecule has 0 aliphatic carbocycles. The second-order valence-corrected chi connectivity index (χ2v) is 14.1. The Morgan fingerprint density at radius 1 is 0.839 bits per heavy atom. The van der Waals surface area contributed by atoms with Crippen LogP contribution in [0.5, 0.6) is 0 Å². The number of hydrogen-bond acceptors (Lipinski definition) is 12. The highest BCUT2D eigenvalue weighted by Gasteiger charge is 2.41. The normalized spacial score (nSPS) is 13.9. The van der Waals surface area contributed by atoms with Gasteiger partial charge in [0.25, 0.3) is 0 Å². The summed E-state index contributed by atoms with van der Waals surface area (Å²) >= 11 is 0. The van der Waals surface area contributed by atoms with Crippen LogP contribution in [0.4, 0.5) is 0 Å². The Balaban J connectivity index is 0. The molecule has 2 aromatic rings. The Kier molecular flexibility index (Phi) is 27.1. The second kappa shape index (κ2) is 28.2. The molecule has 0 saturated heterocycles. The molecule has 0 radical (unpaired) electrons. The number of Topliss-reactive ketones (excluding diaryl/α,β-unsaturated/α-hetero) is 1. The summed E-state index contributed by atoms with van der Waals surface area (Å²) in [6.07, 6.45) is 0.156. The molecule has 12 nitrogen and oxygen atoms in total. The fraction of sp³-hybridized carbons (Fsp3) is 0.568. The van der Waals surface area contributed by atoms with Crippen LogP contribution in [0.25, 0.3) is 0 Å². The Bertz CT molecular complexity index is 1440. The average molecular weight is 789 g/mol. The molecular weight excluding hydrogens is 720 g/mol. The van der Waals surface area contributed by atoms with Crippen molar-refractivity contribution in [1.29, 1.82) is 0 Å². The van der Waals surface area contributed by atoms with Gasteiger partial charge in [0, 0.05) is 25.9 Å². The molecule has 0 heterocycles. The van der Waals surface area contributed by atoms with Gasteiger partial charge in [0.05, 0.1) is 24.2 Å². The summed E-state index contributed by atoms with van der Waals surface area (Å²) in [5.74, 6) is -1.70. The van der Waals surface area contributed by atoms with Gasteiger partial charge in [0.2, 0.25) is 0 Å². The highest BCUT2D eigenvalue weighted by atomic mass is 16.6. The number of hydrogen-bond donors (Lipinski definition) is 2. The van der Waals surface area contributed by atoms with Crippen LogP contribution in [0, 0.1) is 11.8 Å². The molecule has 0 saturated carbocycles. The molecule has 5 atom stereocenters. The first-order valence-electron chi connectivity index (χ1n) is 18.6. The monoisotopic (exact) mass is 788 g/mol. The van der Waals surface area contributed by atoms with Crippen LogP contribution >= 0.6 is 0 Å². The fourth-order valence-electron chi connectivity index (χ4n) is 4.69. The van der Waals surface area contributed by atoms with Crippen LogP contribution in [-0.2, 0) is 60.9 Å². The molecule has 0 amide bonds. The van der Waals surface area contributed by atoms with E-state index in [1.54, 1.807) is 41.5 Å². The van der Waals surface area contributed by atoms with E-state index in [0.29, 0.717) is 25.7 Å². The maximum atomic E-state index is 12.8. The van der Waals surface area contributed by atoms with Crippen molar-refractivity contribution in [2.75, 3.05) is 13.2 Å². The first-order valence-corrected chi connectivity index (χ1v) is 18.6. The Labute approximate surface area is 334 Å². The SMILES string of the molecule is C.C=C(CC(CCC(=O)OCc1ccccc1)C(=O)OCc1ccccc1)C(C)OCC.CC(=O)OC(C)C(=O)C(C)C.CC(C=O)OC(C)(C)C(C)(O)CO. The molecule has 0 bridgehead atoms. The largest absolute Gasteiger partial charge is 0.461 e. The molecule has 0 aliphatic rings. The zero-order valence-electron chi connectivity index (χ0n) is 34.4. The summed E-state index contributed by atoms with van der Waals surface area (Å²) < 4.78 is 26.4. The lowest BCUT2D eigenvalue weighted by Gasteiger charge is -2.39. The smallest absolute Gasteiger partial charge is 0.309 e. The molecule has 0 aliphatic heterocycles. The Morgan fingerprint density at radius 2 is 1.34 bits per heavy atom. The summed E-state index contributed by atoms with van der Waals surface area (Å²) in [5, 5.41) is 18.6. The minimum absolute atomic E-state index is 0. The zero-order valence-corrected chi connectivity index (χ0v) is 34.4. The van der Waals surface area contributed by atoms with Crippen molar-refractivity contribution in [3.63, 3.8) is 0 Å². The molecular formula is C44H68O12. The Morgan fingerprint density at radius 3 is 1.77 bits per heavy atom. The standard InChI is InChI=1S/C26H32O5.C9H18O4.C8H14O3.CH4/c1-4-29-21(3)20(2)17-24(26(28)31-19-23-13-9-6-10-14-23)15-16-25(27)30-18-22-11-7-5-8-12-22;1-7(5-10)13-8(2,3)9(4,12)6-11;1-5(2)8(10)6(3)11-7(4)9;/h5-14,21,24H,2,4,15-19H2,1,3H3;5,7,11-12H,6H2,1-4H3;5-6H,1-4H3;1H4. The van der Waals surface area contributed by atoms with Crippen molar-refractivity contribution >= 4 is 30.0 Å². The van der Waals surface area contributed by atoms with Crippen molar-refractivity contribution in [3.05, 3.63) is 83.9 Å². The molecule has 0 aromatic heterocycles. The third kappa shape index (κ3) is 22.4. The number of carbonyl (C=O) groups excluding carboxylic acids is 5. The summed E-state index contributed by atoms with van der Waals surface area (Å²) in [7, 11) is 0.